The number of hydrogen-bond acceptors (Lipinski definition) is 4. The van der Waals surface area contributed by atoms with E-state index in [4.69, 9.17) is 4.74 Å². The van der Waals surface area contributed by atoms with Crippen LogP contribution in [-0.4, -0.2) is 32.7 Å². The lowest BCUT2D eigenvalue weighted by molar-refractivity contribution is 0.101. The molecule has 0 aliphatic rings. The summed E-state index contributed by atoms with van der Waals surface area (Å²) < 4.78 is 31.5. The van der Waals surface area contributed by atoms with E-state index in [1.807, 2.05) is 12.1 Å². The highest BCUT2D eigenvalue weighted by molar-refractivity contribution is 7.89. The summed E-state index contributed by atoms with van der Waals surface area (Å²) >= 11 is 0. The van der Waals surface area contributed by atoms with Crippen LogP contribution in [0.5, 0.6) is 5.75 Å². The van der Waals surface area contributed by atoms with Gasteiger partial charge in [0.05, 0.1) is 12.0 Å². The average molecular weight is 333 g/mol. The number of Topliss-reactive ketones (excluding diaryl/α,β-unsaturated/α-hetero) is 1. The summed E-state index contributed by atoms with van der Waals surface area (Å²) in [5, 5.41) is 0. The van der Waals surface area contributed by atoms with Crippen LogP contribution in [0.2, 0.25) is 0 Å². The number of rotatable bonds is 6. The van der Waals surface area contributed by atoms with Crippen LogP contribution in [0.4, 0.5) is 0 Å². The standard InChI is InChI=1S/C17H19NO4S/c1-13(19)15-6-10-17(11-7-15)23(20,21)18(2)12-14-4-8-16(22-3)9-5-14/h4-11H,12H2,1-3H3. The number of carbonyl (C=O) groups is 1. The molecule has 122 valence electrons. The Morgan fingerprint density at radius 1 is 1.04 bits per heavy atom. The van der Waals surface area contributed by atoms with E-state index >= 15 is 0 Å². The second-order valence-corrected chi connectivity index (χ2v) is 7.23. The van der Waals surface area contributed by atoms with Gasteiger partial charge >= 0.3 is 0 Å². The summed E-state index contributed by atoms with van der Waals surface area (Å²) in [4.78, 5) is 11.4. The summed E-state index contributed by atoms with van der Waals surface area (Å²) in [6.45, 7) is 1.69. The number of sulfonamides is 1. The summed E-state index contributed by atoms with van der Waals surface area (Å²) in [7, 11) is -0.499. The summed E-state index contributed by atoms with van der Waals surface area (Å²) in [6.07, 6.45) is 0. The topological polar surface area (TPSA) is 63.7 Å². The molecular formula is C17H19NO4S. The number of ketones is 1. The highest BCUT2D eigenvalue weighted by Gasteiger charge is 2.21. The molecule has 0 aromatic heterocycles. The maximum absolute atomic E-state index is 12.6. The lowest BCUT2D eigenvalue weighted by Gasteiger charge is -2.17. The van der Waals surface area contributed by atoms with Crippen LogP contribution in [0.1, 0.15) is 22.8 Å². The minimum absolute atomic E-state index is 0.0967. The smallest absolute Gasteiger partial charge is 0.243 e. The van der Waals surface area contributed by atoms with E-state index in [0.29, 0.717) is 5.56 Å². The number of ether oxygens (including phenoxy) is 1. The van der Waals surface area contributed by atoms with Crippen molar-refractivity contribution in [2.45, 2.75) is 18.4 Å². The minimum Gasteiger partial charge on any atom is -0.497 e. The third kappa shape index (κ3) is 3.97. The van der Waals surface area contributed by atoms with Crippen molar-refractivity contribution >= 4 is 15.8 Å². The molecule has 0 N–H and O–H groups in total. The van der Waals surface area contributed by atoms with E-state index in [0.717, 1.165) is 11.3 Å². The van der Waals surface area contributed by atoms with E-state index in [-0.39, 0.29) is 17.2 Å². The first-order valence-electron chi connectivity index (χ1n) is 7.05. The lowest BCUT2D eigenvalue weighted by atomic mass is 10.2. The molecular weight excluding hydrogens is 314 g/mol. The average Bonchev–Trinajstić information content (AvgIpc) is 2.55. The molecule has 0 aliphatic heterocycles. The quantitative estimate of drug-likeness (QED) is 0.763. The van der Waals surface area contributed by atoms with Crippen LogP contribution in [-0.2, 0) is 16.6 Å². The molecule has 0 bridgehead atoms. The van der Waals surface area contributed by atoms with Crippen LogP contribution < -0.4 is 4.74 Å². The zero-order valence-electron chi connectivity index (χ0n) is 13.3. The number of carbonyl (C=O) groups excluding carboxylic acids is 1. The lowest BCUT2D eigenvalue weighted by Crippen LogP contribution is -2.26. The van der Waals surface area contributed by atoms with Gasteiger partial charge in [-0.05, 0) is 36.8 Å². The van der Waals surface area contributed by atoms with Gasteiger partial charge < -0.3 is 4.74 Å². The Morgan fingerprint density at radius 2 is 1.61 bits per heavy atom. The number of methoxy groups -OCH3 is 1. The predicted molar refractivity (Wildman–Crippen MR) is 88.1 cm³/mol. The third-order valence-corrected chi connectivity index (χ3v) is 5.35. The Morgan fingerprint density at radius 3 is 2.09 bits per heavy atom. The predicted octanol–water partition coefficient (Wildman–Crippen LogP) is 2.72. The zero-order valence-corrected chi connectivity index (χ0v) is 14.1. The van der Waals surface area contributed by atoms with Crippen LogP contribution in [0.3, 0.4) is 0 Å². The molecule has 0 saturated heterocycles. The fourth-order valence-corrected chi connectivity index (χ4v) is 3.27. The second-order valence-electron chi connectivity index (χ2n) is 5.19. The van der Waals surface area contributed by atoms with Gasteiger partial charge in [0.1, 0.15) is 5.75 Å². The molecule has 2 rings (SSSR count). The van der Waals surface area contributed by atoms with Crippen molar-refractivity contribution in [2.75, 3.05) is 14.2 Å². The molecule has 0 amide bonds. The molecule has 0 atom stereocenters. The Kier molecular flexibility index (Phi) is 5.18. The summed E-state index contributed by atoms with van der Waals surface area (Å²) in [6, 6.07) is 13.2. The SMILES string of the molecule is COc1ccc(CN(C)S(=O)(=O)c2ccc(C(C)=O)cc2)cc1. The second kappa shape index (κ2) is 6.93. The molecule has 6 heteroatoms. The van der Waals surface area contributed by atoms with Gasteiger partial charge in [0.25, 0.3) is 0 Å². The fourth-order valence-electron chi connectivity index (χ4n) is 2.11. The summed E-state index contributed by atoms with van der Waals surface area (Å²) in [5.74, 6) is 0.625. The third-order valence-electron chi connectivity index (χ3n) is 3.53. The Labute approximate surface area is 136 Å². The molecule has 2 aromatic carbocycles. The first-order valence-corrected chi connectivity index (χ1v) is 8.49. The van der Waals surface area contributed by atoms with Crippen molar-refractivity contribution in [2.24, 2.45) is 0 Å². The molecule has 2 aromatic rings. The van der Waals surface area contributed by atoms with Crippen molar-refractivity contribution in [3.05, 3.63) is 59.7 Å². The first-order chi connectivity index (χ1) is 10.8. The number of hydrogen-bond donors (Lipinski definition) is 0. The van der Waals surface area contributed by atoms with Crippen LogP contribution in [0, 0.1) is 0 Å². The number of benzene rings is 2. The maximum atomic E-state index is 12.6. The van der Waals surface area contributed by atoms with Crippen molar-refractivity contribution in [1.29, 1.82) is 0 Å². The van der Waals surface area contributed by atoms with Gasteiger partial charge in [-0.25, -0.2) is 8.42 Å². The molecule has 0 fully saturated rings. The van der Waals surface area contributed by atoms with Crippen molar-refractivity contribution in [3.8, 4) is 5.75 Å². The van der Waals surface area contributed by atoms with E-state index in [1.165, 1.54) is 42.5 Å². The zero-order chi connectivity index (χ0) is 17.0. The molecule has 0 aliphatic carbocycles. The molecule has 0 spiro atoms. The van der Waals surface area contributed by atoms with Gasteiger partial charge in [-0.15, -0.1) is 0 Å². The van der Waals surface area contributed by atoms with Gasteiger partial charge in [0, 0.05) is 19.2 Å². The molecule has 0 heterocycles. The highest BCUT2D eigenvalue weighted by atomic mass is 32.2. The highest BCUT2D eigenvalue weighted by Crippen LogP contribution is 2.19. The summed E-state index contributed by atoms with van der Waals surface area (Å²) in [5.41, 5.74) is 1.35. The normalized spacial score (nSPS) is 11.5. The van der Waals surface area contributed by atoms with Crippen molar-refractivity contribution in [1.82, 2.24) is 4.31 Å². The van der Waals surface area contributed by atoms with Gasteiger partial charge in [0.2, 0.25) is 10.0 Å². The fraction of sp³-hybridized carbons (Fsp3) is 0.235. The van der Waals surface area contributed by atoms with Gasteiger partial charge in [-0.2, -0.15) is 4.31 Å². The van der Waals surface area contributed by atoms with E-state index in [1.54, 1.807) is 19.2 Å². The molecule has 0 unspecified atom stereocenters. The minimum atomic E-state index is -3.60. The van der Waals surface area contributed by atoms with Crippen molar-refractivity contribution in [3.63, 3.8) is 0 Å². The maximum Gasteiger partial charge on any atom is 0.243 e. The van der Waals surface area contributed by atoms with Crippen molar-refractivity contribution < 1.29 is 17.9 Å². The van der Waals surface area contributed by atoms with Gasteiger partial charge in [0.15, 0.2) is 5.78 Å². The van der Waals surface area contributed by atoms with Gasteiger partial charge in [-0.1, -0.05) is 24.3 Å². The largest absolute Gasteiger partial charge is 0.497 e. The molecule has 0 radical (unpaired) electrons. The molecule has 0 saturated carbocycles. The van der Waals surface area contributed by atoms with Crippen LogP contribution in [0.15, 0.2) is 53.4 Å². The molecule has 5 nitrogen and oxygen atoms in total. The van der Waals surface area contributed by atoms with E-state index in [2.05, 4.69) is 0 Å². The van der Waals surface area contributed by atoms with Crippen LogP contribution >= 0.6 is 0 Å². The van der Waals surface area contributed by atoms with E-state index < -0.39 is 10.0 Å². The van der Waals surface area contributed by atoms with Crippen LogP contribution in [0.25, 0.3) is 0 Å². The molecule has 23 heavy (non-hydrogen) atoms. The number of nitrogens with zero attached hydrogens (tertiary/aromatic N) is 1. The Hall–Kier alpha value is -2.18. The Balaban J connectivity index is 2.18. The monoisotopic (exact) mass is 333 g/mol. The first kappa shape index (κ1) is 17.2. The van der Waals surface area contributed by atoms with Gasteiger partial charge in [-0.3, -0.25) is 4.79 Å². The van der Waals surface area contributed by atoms with E-state index in [9.17, 15) is 13.2 Å². The Bertz CT molecular complexity index is 780.